The maximum absolute atomic E-state index is 11.7. The maximum atomic E-state index is 11.7. The third-order valence-electron chi connectivity index (χ3n) is 3.32. The minimum absolute atomic E-state index is 0.0312. The summed E-state index contributed by atoms with van der Waals surface area (Å²) in [6, 6.07) is 0. The fourth-order valence-corrected chi connectivity index (χ4v) is 2.27. The van der Waals surface area contributed by atoms with Gasteiger partial charge >= 0.3 is 0 Å². The van der Waals surface area contributed by atoms with Gasteiger partial charge in [-0.1, -0.05) is 20.8 Å². The third kappa shape index (κ3) is 5.04. The number of carbonyl (C=O) groups excluding carboxylic acids is 1. The first-order valence-electron chi connectivity index (χ1n) is 6.55. The van der Waals surface area contributed by atoms with Gasteiger partial charge in [-0.2, -0.15) is 0 Å². The summed E-state index contributed by atoms with van der Waals surface area (Å²) < 4.78 is 0. The SMILES string of the molecule is CC(C)CNC(=O)CN1CCC[C@](C)(CO)C1. The van der Waals surface area contributed by atoms with E-state index in [1.54, 1.807) is 0 Å². The molecule has 1 aliphatic rings. The molecule has 100 valence electrons. The Kier molecular flexibility index (Phi) is 5.40. The summed E-state index contributed by atoms with van der Waals surface area (Å²) in [6.07, 6.45) is 2.11. The Morgan fingerprint density at radius 1 is 1.53 bits per heavy atom. The van der Waals surface area contributed by atoms with Crippen LogP contribution in [0.5, 0.6) is 0 Å². The van der Waals surface area contributed by atoms with E-state index in [9.17, 15) is 9.90 Å². The topological polar surface area (TPSA) is 52.6 Å². The van der Waals surface area contributed by atoms with Crippen LogP contribution in [-0.2, 0) is 4.79 Å². The standard InChI is InChI=1S/C13H26N2O2/c1-11(2)7-14-12(17)8-15-6-4-5-13(3,9-15)10-16/h11,16H,4-10H2,1-3H3,(H,14,17)/t13-/m0/s1. The second kappa shape index (κ2) is 6.36. The van der Waals surface area contributed by atoms with Crippen molar-refractivity contribution in [3.8, 4) is 0 Å². The summed E-state index contributed by atoms with van der Waals surface area (Å²) in [6.45, 7) is 9.45. The smallest absolute Gasteiger partial charge is 0.234 e. The number of amides is 1. The highest BCUT2D eigenvalue weighted by atomic mass is 16.3. The zero-order valence-electron chi connectivity index (χ0n) is 11.3. The molecular formula is C13H26N2O2. The molecule has 2 N–H and O–H groups in total. The van der Waals surface area contributed by atoms with Gasteiger partial charge in [-0.15, -0.1) is 0 Å². The average Bonchev–Trinajstić information content (AvgIpc) is 2.26. The second-order valence-electron chi connectivity index (χ2n) is 5.98. The number of nitrogens with zero attached hydrogens (tertiary/aromatic N) is 1. The molecule has 4 heteroatoms. The minimum atomic E-state index is -0.0312. The summed E-state index contributed by atoms with van der Waals surface area (Å²) in [5, 5.41) is 12.3. The van der Waals surface area contributed by atoms with Crippen molar-refractivity contribution in [2.45, 2.75) is 33.6 Å². The molecule has 1 rings (SSSR count). The Morgan fingerprint density at radius 2 is 2.24 bits per heavy atom. The van der Waals surface area contributed by atoms with Crippen LogP contribution in [0, 0.1) is 11.3 Å². The monoisotopic (exact) mass is 242 g/mol. The number of piperidine rings is 1. The van der Waals surface area contributed by atoms with E-state index < -0.39 is 0 Å². The van der Waals surface area contributed by atoms with Gasteiger partial charge < -0.3 is 10.4 Å². The Balaban J connectivity index is 2.33. The number of nitrogens with one attached hydrogen (secondary N) is 1. The van der Waals surface area contributed by atoms with Gasteiger partial charge in [0.05, 0.1) is 6.54 Å². The van der Waals surface area contributed by atoms with E-state index in [0.717, 1.165) is 32.5 Å². The van der Waals surface area contributed by atoms with E-state index in [0.29, 0.717) is 12.5 Å². The molecule has 1 saturated heterocycles. The molecule has 1 heterocycles. The van der Waals surface area contributed by atoms with Crippen molar-refractivity contribution in [1.82, 2.24) is 10.2 Å². The quantitative estimate of drug-likeness (QED) is 0.751. The first-order valence-corrected chi connectivity index (χ1v) is 6.55. The molecular weight excluding hydrogens is 216 g/mol. The largest absolute Gasteiger partial charge is 0.396 e. The van der Waals surface area contributed by atoms with Crippen LogP contribution in [0.25, 0.3) is 0 Å². The first kappa shape index (κ1) is 14.5. The van der Waals surface area contributed by atoms with Crippen molar-refractivity contribution >= 4 is 5.91 Å². The van der Waals surface area contributed by atoms with Gasteiger partial charge in [0.2, 0.25) is 5.91 Å². The molecule has 0 aromatic carbocycles. The molecule has 4 nitrogen and oxygen atoms in total. The second-order valence-corrected chi connectivity index (χ2v) is 5.98. The minimum Gasteiger partial charge on any atom is -0.396 e. The maximum Gasteiger partial charge on any atom is 0.234 e. The molecule has 0 aromatic rings. The van der Waals surface area contributed by atoms with Crippen LogP contribution in [0.15, 0.2) is 0 Å². The molecule has 0 aliphatic carbocycles. The van der Waals surface area contributed by atoms with Gasteiger partial charge in [0.25, 0.3) is 0 Å². The first-order chi connectivity index (χ1) is 7.95. The fraction of sp³-hybridized carbons (Fsp3) is 0.923. The van der Waals surface area contributed by atoms with Gasteiger partial charge in [0.1, 0.15) is 0 Å². The highest BCUT2D eigenvalue weighted by Gasteiger charge is 2.30. The zero-order chi connectivity index (χ0) is 12.9. The Hall–Kier alpha value is -0.610. The van der Waals surface area contributed by atoms with Gasteiger partial charge in [-0.3, -0.25) is 9.69 Å². The van der Waals surface area contributed by atoms with Crippen LogP contribution in [0.4, 0.5) is 0 Å². The van der Waals surface area contributed by atoms with Gasteiger partial charge in [0, 0.05) is 25.1 Å². The molecule has 0 spiro atoms. The van der Waals surface area contributed by atoms with Crippen LogP contribution < -0.4 is 5.32 Å². The van der Waals surface area contributed by atoms with Crippen molar-refractivity contribution in [2.24, 2.45) is 11.3 Å². The Morgan fingerprint density at radius 3 is 2.82 bits per heavy atom. The third-order valence-corrected chi connectivity index (χ3v) is 3.32. The van der Waals surface area contributed by atoms with E-state index in [1.165, 1.54) is 0 Å². The molecule has 1 amide bonds. The number of rotatable bonds is 5. The molecule has 1 fully saturated rings. The summed E-state index contributed by atoms with van der Waals surface area (Å²) in [4.78, 5) is 13.8. The van der Waals surface area contributed by atoms with Crippen LogP contribution in [0.1, 0.15) is 33.6 Å². The fourth-order valence-electron chi connectivity index (χ4n) is 2.27. The van der Waals surface area contributed by atoms with Crippen molar-refractivity contribution in [3.05, 3.63) is 0 Å². The van der Waals surface area contributed by atoms with Crippen LogP contribution in [0.2, 0.25) is 0 Å². The van der Waals surface area contributed by atoms with Crippen LogP contribution in [-0.4, -0.2) is 48.7 Å². The molecule has 0 bridgehead atoms. The molecule has 0 saturated carbocycles. The van der Waals surface area contributed by atoms with Crippen LogP contribution >= 0.6 is 0 Å². The highest BCUT2D eigenvalue weighted by Crippen LogP contribution is 2.28. The lowest BCUT2D eigenvalue weighted by Gasteiger charge is -2.38. The normalized spacial score (nSPS) is 26.2. The van der Waals surface area contributed by atoms with Gasteiger partial charge in [-0.25, -0.2) is 0 Å². The van der Waals surface area contributed by atoms with Crippen LogP contribution in [0.3, 0.4) is 0 Å². The van der Waals surface area contributed by atoms with E-state index in [-0.39, 0.29) is 17.9 Å². The number of aliphatic hydroxyl groups excluding tert-OH is 1. The predicted octanol–water partition coefficient (Wildman–Crippen LogP) is 0.853. The van der Waals surface area contributed by atoms with E-state index in [1.807, 2.05) is 0 Å². The molecule has 1 atom stereocenters. The predicted molar refractivity (Wildman–Crippen MR) is 68.7 cm³/mol. The van der Waals surface area contributed by atoms with Crippen molar-refractivity contribution in [2.75, 3.05) is 32.8 Å². The summed E-state index contributed by atoms with van der Waals surface area (Å²) >= 11 is 0. The molecule has 17 heavy (non-hydrogen) atoms. The number of carbonyl (C=O) groups is 1. The van der Waals surface area contributed by atoms with E-state index >= 15 is 0 Å². The zero-order valence-corrected chi connectivity index (χ0v) is 11.3. The lowest BCUT2D eigenvalue weighted by Crippen LogP contribution is -2.47. The Bertz CT molecular complexity index is 256. The van der Waals surface area contributed by atoms with Crippen molar-refractivity contribution < 1.29 is 9.90 Å². The van der Waals surface area contributed by atoms with E-state index in [2.05, 4.69) is 31.0 Å². The molecule has 0 aromatic heterocycles. The number of aliphatic hydroxyl groups is 1. The highest BCUT2D eigenvalue weighted by molar-refractivity contribution is 5.78. The average molecular weight is 242 g/mol. The number of hydrogen-bond donors (Lipinski definition) is 2. The summed E-state index contributed by atoms with van der Waals surface area (Å²) in [5.41, 5.74) is -0.0312. The molecule has 0 unspecified atom stereocenters. The lowest BCUT2D eigenvalue weighted by molar-refractivity contribution is -0.123. The van der Waals surface area contributed by atoms with Crippen molar-refractivity contribution in [1.29, 1.82) is 0 Å². The molecule has 0 radical (unpaired) electrons. The number of likely N-dealkylation sites (tertiary alicyclic amines) is 1. The Labute approximate surface area is 104 Å². The van der Waals surface area contributed by atoms with Gasteiger partial charge in [-0.05, 0) is 25.3 Å². The molecule has 1 aliphatic heterocycles. The number of hydrogen-bond acceptors (Lipinski definition) is 3. The summed E-state index contributed by atoms with van der Waals surface area (Å²) in [5.74, 6) is 0.587. The lowest BCUT2D eigenvalue weighted by atomic mass is 9.83. The van der Waals surface area contributed by atoms with Crippen molar-refractivity contribution in [3.63, 3.8) is 0 Å². The summed E-state index contributed by atoms with van der Waals surface area (Å²) in [7, 11) is 0. The van der Waals surface area contributed by atoms with Gasteiger partial charge in [0.15, 0.2) is 0 Å². The van der Waals surface area contributed by atoms with E-state index in [4.69, 9.17) is 0 Å².